The smallest absolute Gasteiger partial charge is 0.321 e. The zero-order valence-corrected chi connectivity index (χ0v) is 22.3. The predicted octanol–water partition coefficient (Wildman–Crippen LogP) is 5.85. The highest BCUT2D eigenvalue weighted by Gasteiger charge is 2.22. The molecule has 1 amide bonds. The topological polar surface area (TPSA) is 145 Å². The summed E-state index contributed by atoms with van der Waals surface area (Å²) in [5.74, 6) is 0.270. The Kier molecular flexibility index (Phi) is 6.52. The molecule has 0 atom stereocenters. The van der Waals surface area contributed by atoms with E-state index < -0.39 is 0 Å². The number of fused-ring (bicyclic) bond motifs is 2. The van der Waals surface area contributed by atoms with Gasteiger partial charge >= 0.3 is 6.01 Å². The van der Waals surface area contributed by atoms with Crippen molar-refractivity contribution in [3.05, 3.63) is 120 Å². The van der Waals surface area contributed by atoms with Gasteiger partial charge < -0.3 is 26.1 Å². The number of nitrogens with zero attached hydrogens (tertiary/aromatic N) is 3. The molecule has 0 aliphatic rings. The summed E-state index contributed by atoms with van der Waals surface area (Å²) < 4.78 is 7.98. The Morgan fingerprint density at radius 1 is 0.951 bits per heavy atom. The van der Waals surface area contributed by atoms with Gasteiger partial charge in [0.15, 0.2) is 0 Å². The number of ether oxygens (including phenoxy) is 1. The van der Waals surface area contributed by atoms with Crippen LogP contribution in [0.4, 0.5) is 11.4 Å². The van der Waals surface area contributed by atoms with Crippen molar-refractivity contribution in [3.8, 4) is 11.8 Å². The van der Waals surface area contributed by atoms with Crippen LogP contribution < -0.4 is 21.5 Å². The maximum Gasteiger partial charge on any atom is 0.321 e. The molecule has 6 rings (SSSR count). The number of carbonyl (C=O) groups is 1. The second kappa shape index (κ2) is 10.5. The SMILES string of the molecule is Cc1c(C(=O)Nc2ccc(N)cc2)n(Cc2cc(Oc3ncccn3)cc3ccccc23)c2cc(C(=N)N)ccc12. The molecule has 6 aromatic rings. The number of carbonyl (C=O) groups excluding carboxylic acids is 1. The predicted molar refractivity (Wildman–Crippen MR) is 162 cm³/mol. The van der Waals surface area contributed by atoms with E-state index in [1.165, 1.54) is 0 Å². The number of rotatable bonds is 7. The van der Waals surface area contributed by atoms with E-state index in [2.05, 4.69) is 15.3 Å². The van der Waals surface area contributed by atoms with Gasteiger partial charge in [-0.25, -0.2) is 9.97 Å². The molecule has 0 fully saturated rings. The first-order valence-electron chi connectivity index (χ1n) is 13.0. The minimum atomic E-state index is -0.262. The van der Waals surface area contributed by atoms with Crippen molar-refractivity contribution in [2.75, 3.05) is 11.1 Å². The largest absolute Gasteiger partial charge is 0.424 e. The summed E-state index contributed by atoms with van der Waals surface area (Å²) in [5, 5.41) is 13.9. The molecule has 0 saturated carbocycles. The number of hydrogen-bond donors (Lipinski definition) is 4. The van der Waals surface area contributed by atoms with E-state index in [9.17, 15) is 4.79 Å². The normalized spacial score (nSPS) is 11.0. The zero-order valence-electron chi connectivity index (χ0n) is 22.3. The fourth-order valence-electron chi connectivity index (χ4n) is 5.07. The van der Waals surface area contributed by atoms with Crippen LogP contribution in [0.1, 0.15) is 27.2 Å². The number of nitrogens with one attached hydrogen (secondary N) is 2. The highest BCUT2D eigenvalue weighted by atomic mass is 16.5. The Labute approximate surface area is 235 Å². The summed E-state index contributed by atoms with van der Waals surface area (Å²) in [7, 11) is 0. The molecule has 0 bridgehead atoms. The number of anilines is 2. The van der Waals surface area contributed by atoms with Crippen LogP contribution >= 0.6 is 0 Å². The van der Waals surface area contributed by atoms with E-state index in [4.69, 9.17) is 21.6 Å². The first kappa shape index (κ1) is 25.6. The lowest BCUT2D eigenvalue weighted by Crippen LogP contribution is -2.19. The molecule has 9 heteroatoms. The zero-order chi connectivity index (χ0) is 28.5. The van der Waals surface area contributed by atoms with Gasteiger partial charge in [0, 0.05) is 46.8 Å². The summed E-state index contributed by atoms with van der Waals surface area (Å²) in [6.45, 7) is 2.28. The van der Waals surface area contributed by atoms with E-state index in [-0.39, 0.29) is 17.8 Å². The number of hydrogen-bond acceptors (Lipinski definition) is 6. The fourth-order valence-corrected chi connectivity index (χ4v) is 5.07. The van der Waals surface area contributed by atoms with Gasteiger partial charge in [-0.1, -0.05) is 36.4 Å². The van der Waals surface area contributed by atoms with Crippen molar-refractivity contribution in [2.24, 2.45) is 5.73 Å². The highest BCUT2D eigenvalue weighted by Crippen LogP contribution is 2.32. The van der Waals surface area contributed by atoms with Crippen LogP contribution in [0.5, 0.6) is 11.8 Å². The van der Waals surface area contributed by atoms with Crippen molar-refractivity contribution in [3.63, 3.8) is 0 Å². The van der Waals surface area contributed by atoms with Crippen molar-refractivity contribution >= 4 is 44.8 Å². The molecular weight excluding hydrogens is 514 g/mol. The van der Waals surface area contributed by atoms with E-state index in [1.54, 1.807) is 48.8 Å². The van der Waals surface area contributed by atoms with Gasteiger partial charge in [0.2, 0.25) is 0 Å². The summed E-state index contributed by atoms with van der Waals surface area (Å²) >= 11 is 0. The third-order valence-electron chi connectivity index (χ3n) is 7.01. The molecule has 6 N–H and O–H groups in total. The van der Waals surface area contributed by atoms with Crippen molar-refractivity contribution < 1.29 is 9.53 Å². The molecule has 0 spiro atoms. The van der Waals surface area contributed by atoms with Crippen LogP contribution in [0.15, 0.2) is 97.3 Å². The van der Waals surface area contributed by atoms with Crippen LogP contribution in [0, 0.1) is 12.3 Å². The molecule has 4 aromatic carbocycles. The molecule has 0 aliphatic carbocycles. The maximum absolute atomic E-state index is 13.8. The fraction of sp³-hybridized carbons (Fsp3) is 0.0625. The molecule has 41 heavy (non-hydrogen) atoms. The quantitative estimate of drug-likeness (QED) is 0.113. The van der Waals surface area contributed by atoms with Crippen LogP contribution in [0.3, 0.4) is 0 Å². The molecule has 0 radical (unpaired) electrons. The van der Waals surface area contributed by atoms with Crippen LogP contribution in [-0.2, 0) is 6.54 Å². The summed E-state index contributed by atoms with van der Waals surface area (Å²) in [6.07, 6.45) is 3.25. The first-order chi connectivity index (χ1) is 19.9. The Bertz CT molecular complexity index is 1930. The monoisotopic (exact) mass is 541 g/mol. The molecule has 202 valence electrons. The van der Waals surface area contributed by atoms with Crippen LogP contribution in [0.25, 0.3) is 21.7 Å². The lowest BCUT2D eigenvalue weighted by atomic mass is 10.0. The Balaban J connectivity index is 1.51. The lowest BCUT2D eigenvalue weighted by molar-refractivity contribution is 0.101. The van der Waals surface area contributed by atoms with Gasteiger partial charge in [0.25, 0.3) is 5.91 Å². The Morgan fingerprint density at radius 3 is 2.46 bits per heavy atom. The number of nitrogen functional groups attached to an aromatic ring is 2. The minimum absolute atomic E-state index is 0.0473. The second-order valence-corrected chi connectivity index (χ2v) is 9.72. The van der Waals surface area contributed by atoms with Crippen molar-refractivity contribution in [1.29, 1.82) is 5.41 Å². The third-order valence-corrected chi connectivity index (χ3v) is 7.01. The summed E-state index contributed by atoms with van der Waals surface area (Å²) in [4.78, 5) is 22.2. The van der Waals surface area contributed by atoms with E-state index in [1.807, 2.05) is 60.0 Å². The van der Waals surface area contributed by atoms with Crippen LogP contribution in [-0.4, -0.2) is 26.3 Å². The van der Waals surface area contributed by atoms with Crippen LogP contribution in [0.2, 0.25) is 0 Å². The van der Waals surface area contributed by atoms with E-state index in [0.717, 1.165) is 32.8 Å². The molecule has 0 saturated heterocycles. The number of nitrogens with two attached hydrogens (primary N) is 2. The molecule has 0 aliphatic heterocycles. The summed E-state index contributed by atoms with van der Waals surface area (Å²) in [6, 6.07) is 26.4. The van der Waals surface area contributed by atoms with Crippen molar-refractivity contribution in [1.82, 2.24) is 14.5 Å². The number of aryl methyl sites for hydroxylation is 1. The third kappa shape index (κ3) is 5.04. The standard InChI is InChI=1S/C32H27N7O2/c1-19-26-12-7-21(30(34)35)17-28(26)39(29(19)31(40)38-24-10-8-23(33)9-11-24)18-22-16-25(41-32-36-13-4-14-37-32)15-20-5-2-3-6-27(20)22/h2-17H,18,33H2,1H3,(H3,34,35)(H,38,40). The van der Waals surface area contributed by atoms with Gasteiger partial charge in [-0.2, -0.15) is 0 Å². The highest BCUT2D eigenvalue weighted by molar-refractivity contribution is 6.09. The number of benzene rings is 4. The molecule has 0 unspecified atom stereocenters. The molecular formula is C32H27N7O2. The lowest BCUT2D eigenvalue weighted by Gasteiger charge is -2.16. The molecule has 2 heterocycles. The van der Waals surface area contributed by atoms with E-state index >= 15 is 0 Å². The first-order valence-corrected chi connectivity index (χ1v) is 13.0. The average Bonchev–Trinajstić information content (AvgIpc) is 3.25. The van der Waals surface area contributed by atoms with Gasteiger partial charge in [-0.3, -0.25) is 10.2 Å². The number of amides is 1. The number of aromatic nitrogens is 3. The van der Waals surface area contributed by atoms with Gasteiger partial charge in [-0.05, 0) is 77.4 Å². The Morgan fingerprint density at radius 2 is 1.71 bits per heavy atom. The van der Waals surface area contributed by atoms with Gasteiger partial charge in [-0.15, -0.1) is 0 Å². The average molecular weight is 542 g/mol. The van der Waals surface area contributed by atoms with E-state index in [0.29, 0.717) is 34.9 Å². The number of amidine groups is 1. The van der Waals surface area contributed by atoms with Gasteiger partial charge in [0.1, 0.15) is 17.3 Å². The van der Waals surface area contributed by atoms with Crippen molar-refractivity contribution in [2.45, 2.75) is 13.5 Å². The minimum Gasteiger partial charge on any atom is -0.424 e. The Hall–Kier alpha value is -5.70. The second-order valence-electron chi connectivity index (χ2n) is 9.72. The maximum atomic E-state index is 13.8. The van der Waals surface area contributed by atoms with Gasteiger partial charge in [0.05, 0.1) is 0 Å². The molecule has 9 nitrogen and oxygen atoms in total. The molecule has 2 aromatic heterocycles. The summed E-state index contributed by atoms with van der Waals surface area (Å²) in [5.41, 5.74) is 16.5.